The summed E-state index contributed by atoms with van der Waals surface area (Å²) in [6.45, 7) is 4.86. The van der Waals surface area contributed by atoms with E-state index in [1.807, 2.05) is 13.8 Å². The molecule has 2 unspecified atom stereocenters. The summed E-state index contributed by atoms with van der Waals surface area (Å²) in [5, 5.41) is 3.77. The fourth-order valence-electron chi connectivity index (χ4n) is 2.31. The molecule has 1 saturated heterocycles. The second-order valence-corrected chi connectivity index (χ2v) is 4.98. The second kappa shape index (κ2) is 5.57. The predicted octanol–water partition coefficient (Wildman–Crippen LogP) is 0.776. The Hall–Kier alpha value is -2.35. The lowest BCUT2D eigenvalue weighted by atomic mass is 10.2. The zero-order valence-corrected chi connectivity index (χ0v) is 11.8. The van der Waals surface area contributed by atoms with Crippen LogP contribution in [0.25, 0.3) is 11.5 Å². The average Bonchev–Trinajstić information content (AvgIpc) is 2.96. The Morgan fingerprint density at radius 2 is 2.05 bits per heavy atom. The molecule has 110 valence electrons. The van der Waals surface area contributed by atoms with E-state index in [0.29, 0.717) is 18.8 Å². The van der Waals surface area contributed by atoms with Crippen molar-refractivity contribution in [3.8, 4) is 11.5 Å². The Balaban J connectivity index is 1.78. The fraction of sp³-hybridized carbons (Fsp3) is 0.462. The Labute approximate surface area is 121 Å². The molecule has 8 heteroatoms. The molecule has 2 atom stereocenters. The summed E-state index contributed by atoms with van der Waals surface area (Å²) in [6.07, 6.45) is 4.56. The molecule has 21 heavy (non-hydrogen) atoms. The molecule has 3 heterocycles. The van der Waals surface area contributed by atoms with E-state index in [1.165, 1.54) is 12.4 Å². The number of hydrogen-bond donors (Lipinski definition) is 0. The van der Waals surface area contributed by atoms with Crippen LogP contribution in [0.1, 0.15) is 24.5 Å². The maximum Gasteiger partial charge on any atom is 0.316 e. The molecule has 8 nitrogen and oxygen atoms in total. The first-order chi connectivity index (χ1) is 10.1. The maximum atomic E-state index is 12.4. The number of carbonyl (C=O) groups is 1. The van der Waals surface area contributed by atoms with Crippen molar-refractivity contribution >= 4 is 5.91 Å². The molecule has 1 aliphatic heterocycles. The molecule has 0 saturated carbocycles. The normalized spacial score (nSPS) is 22.3. The highest BCUT2D eigenvalue weighted by atomic mass is 16.5. The largest absolute Gasteiger partial charge is 0.372 e. The molecule has 1 fully saturated rings. The van der Waals surface area contributed by atoms with E-state index in [0.717, 1.165) is 0 Å². The van der Waals surface area contributed by atoms with Gasteiger partial charge in [0.25, 0.3) is 0 Å². The first-order valence-corrected chi connectivity index (χ1v) is 6.68. The second-order valence-electron chi connectivity index (χ2n) is 4.98. The minimum Gasteiger partial charge on any atom is -0.372 e. The molecule has 0 aromatic carbocycles. The highest BCUT2D eigenvalue weighted by molar-refractivity contribution is 5.90. The van der Waals surface area contributed by atoms with E-state index in [9.17, 15) is 4.79 Å². The third kappa shape index (κ3) is 2.89. The van der Waals surface area contributed by atoms with Crippen molar-refractivity contribution in [3.05, 3.63) is 24.5 Å². The van der Waals surface area contributed by atoms with Gasteiger partial charge in [-0.1, -0.05) is 5.16 Å². The van der Waals surface area contributed by atoms with Crippen molar-refractivity contribution < 1.29 is 14.1 Å². The molecule has 1 aliphatic rings. The Morgan fingerprint density at radius 1 is 1.29 bits per heavy atom. The van der Waals surface area contributed by atoms with Gasteiger partial charge in [0.05, 0.1) is 18.4 Å². The van der Waals surface area contributed by atoms with Gasteiger partial charge in [0, 0.05) is 25.5 Å². The van der Waals surface area contributed by atoms with Gasteiger partial charge >= 0.3 is 11.8 Å². The number of aromatic nitrogens is 4. The van der Waals surface area contributed by atoms with Gasteiger partial charge < -0.3 is 14.2 Å². The minimum absolute atomic E-state index is 0.0138. The van der Waals surface area contributed by atoms with Crippen LogP contribution in [0.2, 0.25) is 0 Å². The van der Waals surface area contributed by atoms with Crippen molar-refractivity contribution in [3.63, 3.8) is 0 Å². The van der Waals surface area contributed by atoms with Crippen LogP contribution in [0, 0.1) is 0 Å². The van der Waals surface area contributed by atoms with Gasteiger partial charge in [0.2, 0.25) is 5.82 Å². The fourth-order valence-corrected chi connectivity index (χ4v) is 2.31. The van der Waals surface area contributed by atoms with Gasteiger partial charge in [-0.05, 0) is 13.8 Å². The van der Waals surface area contributed by atoms with Gasteiger partial charge in [0.15, 0.2) is 0 Å². The topological polar surface area (TPSA) is 94.2 Å². The first kappa shape index (κ1) is 13.6. The van der Waals surface area contributed by atoms with Gasteiger partial charge in [-0.2, -0.15) is 4.98 Å². The molecule has 0 spiro atoms. The van der Waals surface area contributed by atoms with E-state index >= 15 is 0 Å². The number of carbonyl (C=O) groups excluding carboxylic acids is 1. The molecule has 0 radical (unpaired) electrons. The first-order valence-electron chi connectivity index (χ1n) is 6.68. The minimum atomic E-state index is -0.292. The van der Waals surface area contributed by atoms with E-state index in [-0.39, 0.29) is 29.8 Å². The lowest BCUT2D eigenvalue weighted by molar-refractivity contribution is -0.0595. The van der Waals surface area contributed by atoms with E-state index in [1.54, 1.807) is 11.1 Å². The maximum absolute atomic E-state index is 12.4. The van der Waals surface area contributed by atoms with Gasteiger partial charge in [0.1, 0.15) is 5.69 Å². The number of morpholine rings is 1. The van der Waals surface area contributed by atoms with Crippen molar-refractivity contribution in [2.24, 2.45) is 0 Å². The van der Waals surface area contributed by atoms with Gasteiger partial charge in [-0.25, -0.2) is 4.98 Å². The van der Waals surface area contributed by atoms with Gasteiger partial charge in [-0.15, -0.1) is 0 Å². The Bertz CT molecular complexity index is 620. The lowest BCUT2D eigenvalue weighted by Crippen LogP contribution is -2.48. The quantitative estimate of drug-likeness (QED) is 0.806. The standard InChI is InChI=1S/C13H15N5O3/c1-8-6-18(7-9(2)20-8)13(19)12-16-11(17-21-12)10-5-14-3-4-15-10/h3-5,8-9H,6-7H2,1-2H3. The molecule has 1 amide bonds. The molecule has 0 N–H and O–H groups in total. The summed E-state index contributed by atoms with van der Waals surface area (Å²) >= 11 is 0. The van der Waals surface area contributed by atoms with Crippen LogP contribution in [0.3, 0.4) is 0 Å². The number of rotatable bonds is 2. The number of amides is 1. The SMILES string of the molecule is CC1CN(C(=O)c2nc(-c3cnccn3)no2)CC(C)O1. The highest BCUT2D eigenvalue weighted by Crippen LogP contribution is 2.16. The van der Waals surface area contributed by atoms with Crippen molar-refractivity contribution in [2.45, 2.75) is 26.1 Å². The monoisotopic (exact) mass is 289 g/mol. The molecule has 2 aromatic heterocycles. The van der Waals surface area contributed by atoms with Crippen LogP contribution < -0.4 is 0 Å². The van der Waals surface area contributed by atoms with E-state index in [4.69, 9.17) is 9.26 Å². The third-order valence-corrected chi connectivity index (χ3v) is 3.11. The van der Waals surface area contributed by atoms with E-state index < -0.39 is 0 Å². The predicted molar refractivity (Wildman–Crippen MR) is 71.2 cm³/mol. The van der Waals surface area contributed by atoms with Crippen molar-refractivity contribution in [2.75, 3.05) is 13.1 Å². The smallest absolute Gasteiger partial charge is 0.316 e. The summed E-state index contributed by atoms with van der Waals surface area (Å²) in [6, 6.07) is 0. The van der Waals surface area contributed by atoms with Crippen LogP contribution in [0.15, 0.2) is 23.1 Å². The van der Waals surface area contributed by atoms with Crippen LogP contribution in [-0.2, 0) is 4.74 Å². The van der Waals surface area contributed by atoms with Gasteiger partial charge in [-0.3, -0.25) is 9.78 Å². The molecular weight excluding hydrogens is 274 g/mol. The average molecular weight is 289 g/mol. The van der Waals surface area contributed by atoms with Crippen LogP contribution in [0.4, 0.5) is 0 Å². The Kier molecular flexibility index (Phi) is 3.61. The summed E-state index contributed by atoms with van der Waals surface area (Å²) in [4.78, 5) is 26.1. The zero-order chi connectivity index (χ0) is 14.8. The number of nitrogens with zero attached hydrogens (tertiary/aromatic N) is 5. The number of ether oxygens (including phenoxy) is 1. The molecule has 0 aliphatic carbocycles. The highest BCUT2D eigenvalue weighted by Gasteiger charge is 2.30. The summed E-state index contributed by atoms with van der Waals surface area (Å²) in [5.74, 6) is -0.0857. The molecular formula is C13H15N5O3. The number of hydrogen-bond acceptors (Lipinski definition) is 7. The van der Waals surface area contributed by atoms with Crippen LogP contribution in [-0.4, -0.2) is 56.2 Å². The summed E-state index contributed by atoms with van der Waals surface area (Å²) in [5.41, 5.74) is 0.462. The Morgan fingerprint density at radius 3 is 2.71 bits per heavy atom. The summed E-state index contributed by atoms with van der Waals surface area (Å²) < 4.78 is 10.6. The lowest BCUT2D eigenvalue weighted by Gasteiger charge is -2.34. The third-order valence-electron chi connectivity index (χ3n) is 3.11. The molecule has 3 rings (SSSR count). The van der Waals surface area contributed by atoms with Crippen molar-refractivity contribution in [1.29, 1.82) is 0 Å². The molecule has 0 bridgehead atoms. The van der Waals surface area contributed by atoms with Crippen molar-refractivity contribution in [1.82, 2.24) is 25.0 Å². The van der Waals surface area contributed by atoms with Crippen LogP contribution >= 0.6 is 0 Å². The van der Waals surface area contributed by atoms with Crippen LogP contribution in [0.5, 0.6) is 0 Å². The zero-order valence-electron chi connectivity index (χ0n) is 11.8. The molecule has 2 aromatic rings. The summed E-state index contributed by atoms with van der Waals surface area (Å²) in [7, 11) is 0. The van der Waals surface area contributed by atoms with E-state index in [2.05, 4.69) is 20.1 Å².